The van der Waals surface area contributed by atoms with Crippen LogP contribution in [0.4, 0.5) is 0 Å². The molecule has 0 bridgehead atoms. The molecule has 0 atom stereocenters. The summed E-state index contributed by atoms with van der Waals surface area (Å²) < 4.78 is 4.53. The van der Waals surface area contributed by atoms with Crippen LogP contribution in [-0.2, 0) is 13.0 Å². The molecular formula is C45H32N4. The molecule has 49 heavy (non-hydrogen) atoms. The molecule has 1 aliphatic carbocycles. The molecule has 0 saturated heterocycles. The van der Waals surface area contributed by atoms with Gasteiger partial charge in [0.15, 0.2) is 0 Å². The SMILES string of the molecule is C=C(/C=C\C=C(\C#N)Cn1c2ccccc2c2ccccc21)c1cccc(C#N)c1-c1cccc(-n2c3c(c4ccccc42)CCC=C3)c1. The maximum atomic E-state index is 10.2. The van der Waals surface area contributed by atoms with E-state index in [1.807, 2.05) is 60.7 Å². The zero-order chi connectivity index (χ0) is 33.3. The van der Waals surface area contributed by atoms with Crippen molar-refractivity contribution in [2.24, 2.45) is 0 Å². The van der Waals surface area contributed by atoms with Crippen molar-refractivity contribution in [3.63, 3.8) is 0 Å². The van der Waals surface area contributed by atoms with Crippen LogP contribution in [0.2, 0.25) is 0 Å². The molecular weight excluding hydrogens is 597 g/mol. The average molecular weight is 629 g/mol. The first kappa shape index (κ1) is 29.8. The lowest BCUT2D eigenvalue weighted by Crippen LogP contribution is -2.01. The fourth-order valence-corrected chi connectivity index (χ4v) is 7.33. The molecule has 4 nitrogen and oxygen atoms in total. The standard InChI is InChI=1S/C45H32N4/c1-31(13-10-14-32(28-46)30-48-41-23-6-2-18-37(41)38-19-3-7-24-42(38)48)36-22-12-16-34(29-47)45(36)33-15-11-17-35(27-33)49-43-25-8-4-20-39(43)40-21-5-9-26-44(40)49/h2-4,6-20,22-27H,1,5,21,30H2/b13-10-,32-14-. The van der Waals surface area contributed by atoms with Crippen LogP contribution < -0.4 is 0 Å². The van der Waals surface area contributed by atoms with E-state index < -0.39 is 0 Å². The van der Waals surface area contributed by atoms with Gasteiger partial charge < -0.3 is 9.13 Å². The molecule has 0 radical (unpaired) electrons. The average Bonchev–Trinajstić information content (AvgIpc) is 3.66. The second-order valence-corrected chi connectivity index (χ2v) is 12.4. The van der Waals surface area contributed by atoms with Gasteiger partial charge in [-0.2, -0.15) is 10.5 Å². The molecule has 0 aliphatic heterocycles. The van der Waals surface area contributed by atoms with Gasteiger partial charge in [-0.3, -0.25) is 0 Å². The molecule has 232 valence electrons. The number of nitriles is 2. The van der Waals surface area contributed by atoms with Gasteiger partial charge in [0.1, 0.15) is 0 Å². The van der Waals surface area contributed by atoms with Crippen LogP contribution in [0.15, 0.2) is 152 Å². The molecule has 0 fully saturated rings. The monoisotopic (exact) mass is 628 g/mol. The first-order chi connectivity index (χ1) is 24.2. The van der Waals surface area contributed by atoms with E-state index in [9.17, 15) is 10.5 Å². The minimum Gasteiger partial charge on any atom is -0.335 e. The van der Waals surface area contributed by atoms with Gasteiger partial charge >= 0.3 is 0 Å². The number of para-hydroxylation sites is 3. The zero-order valence-corrected chi connectivity index (χ0v) is 27.0. The summed E-state index contributed by atoms with van der Waals surface area (Å²) in [5.41, 5.74) is 11.7. The maximum Gasteiger partial charge on any atom is 0.0998 e. The van der Waals surface area contributed by atoms with E-state index in [-0.39, 0.29) is 0 Å². The van der Waals surface area contributed by atoms with Crippen molar-refractivity contribution in [2.75, 3.05) is 0 Å². The minimum atomic E-state index is 0.455. The smallest absolute Gasteiger partial charge is 0.0998 e. The van der Waals surface area contributed by atoms with Crippen LogP contribution in [0.25, 0.3) is 61.2 Å². The lowest BCUT2D eigenvalue weighted by atomic mass is 9.90. The summed E-state index contributed by atoms with van der Waals surface area (Å²) in [5.74, 6) is 0. The molecule has 5 aromatic carbocycles. The number of nitrogens with zero attached hydrogens (tertiary/aromatic N) is 4. The third kappa shape index (κ3) is 5.17. The van der Waals surface area contributed by atoms with Crippen molar-refractivity contribution in [2.45, 2.75) is 19.4 Å². The van der Waals surface area contributed by atoms with Gasteiger partial charge in [-0.1, -0.05) is 104 Å². The van der Waals surface area contributed by atoms with E-state index in [0.29, 0.717) is 17.7 Å². The highest BCUT2D eigenvalue weighted by Gasteiger charge is 2.19. The Bertz CT molecular complexity index is 2570. The van der Waals surface area contributed by atoms with Crippen molar-refractivity contribution in [3.8, 4) is 29.0 Å². The highest BCUT2D eigenvalue weighted by molar-refractivity contribution is 6.08. The Labute approximate surface area is 285 Å². The van der Waals surface area contributed by atoms with Crippen LogP contribution in [0.5, 0.6) is 0 Å². The van der Waals surface area contributed by atoms with Crippen molar-refractivity contribution >= 4 is 44.4 Å². The molecule has 0 spiro atoms. The summed E-state index contributed by atoms with van der Waals surface area (Å²) in [6, 6.07) is 44.2. The molecule has 0 saturated carbocycles. The van der Waals surface area contributed by atoms with Crippen LogP contribution in [-0.4, -0.2) is 9.13 Å². The fraction of sp³-hybridized carbons (Fsp3) is 0.0667. The van der Waals surface area contributed by atoms with Crippen molar-refractivity contribution < 1.29 is 0 Å². The van der Waals surface area contributed by atoms with Crippen LogP contribution in [0.3, 0.4) is 0 Å². The second kappa shape index (κ2) is 12.5. The fourth-order valence-electron chi connectivity index (χ4n) is 7.33. The van der Waals surface area contributed by atoms with Crippen molar-refractivity contribution in [1.82, 2.24) is 9.13 Å². The Morgan fingerprint density at radius 2 is 1.47 bits per heavy atom. The van der Waals surface area contributed by atoms with Gasteiger partial charge in [-0.15, -0.1) is 0 Å². The number of allylic oxidation sites excluding steroid dienone is 6. The first-order valence-electron chi connectivity index (χ1n) is 16.5. The number of benzene rings is 5. The van der Waals surface area contributed by atoms with Crippen LogP contribution in [0, 0.1) is 22.7 Å². The molecule has 1 aliphatic rings. The lowest BCUT2D eigenvalue weighted by molar-refractivity contribution is 0.871. The van der Waals surface area contributed by atoms with Gasteiger partial charge in [0, 0.05) is 49.7 Å². The molecule has 0 unspecified atom stereocenters. The molecule has 2 heterocycles. The lowest BCUT2D eigenvalue weighted by Gasteiger charge is -2.16. The summed E-state index contributed by atoms with van der Waals surface area (Å²) in [6.45, 7) is 4.86. The molecule has 4 heteroatoms. The van der Waals surface area contributed by atoms with E-state index >= 15 is 0 Å². The third-order valence-electron chi connectivity index (χ3n) is 9.53. The Morgan fingerprint density at radius 1 is 0.776 bits per heavy atom. The van der Waals surface area contributed by atoms with Gasteiger partial charge in [0.25, 0.3) is 0 Å². The highest BCUT2D eigenvalue weighted by atomic mass is 15.0. The quantitative estimate of drug-likeness (QED) is 0.130. The van der Waals surface area contributed by atoms with Gasteiger partial charge in [-0.05, 0) is 83.7 Å². The van der Waals surface area contributed by atoms with Gasteiger partial charge in [0.05, 0.1) is 29.8 Å². The summed E-state index contributed by atoms with van der Waals surface area (Å²) in [6.07, 6.45) is 12.2. The zero-order valence-electron chi connectivity index (χ0n) is 27.0. The summed E-state index contributed by atoms with van der Waals surface area (Å²) in [4.78, 5) is 0. The van der Waals surface area contributed by atoms with Crippen molar-refractivity contribution in [3.05, 3.63) is 174 Å². The topological polar surface area (TPSA) is 57.4 Å². The third-order valence-corrected chi connectivity index (χ3v) is 9.53. The molecule has 0 amide bonds. The van der Waals surface area contributed by atoms with Crippen molar-refractivity contribution in [1.29, 1.82) is 10.5 Å². The predicted molar refractivity (Wildman–Crippen MR) is 202 cm³/mol. The van der Waals surface area contributed by atoms with Gasteiger partial charge in [0.2, 0.25) is 0 Å². The Kier molecular flexibility index (Phi) is 7.61. The van der Waals surface area contributed by atoms with E-state index in [1.54, 1.807) is 0 Å². The van der Waals surface area contributed by atoms with Crippen LogP contribution in [0.1, 0.15) is 28.8 Å². The molecule has 7 aromatic rings. The summed E-state index contributed by atoms with van der Waals surface area (Å²) in [5, 5.41) is 24.0. The van der Waals surface area contributed by atoms with E-state index in [0.717, 1.165) is 51.8 Å². The molecule has 8 rings (SSSR count). The molecule has 2 aromatic heterocycles. The number of aryl methyl sites for hydroxylation is 1. The Morgan fingerprint density at radius 3 is 2.20 bits per heavy atom. The number of hydrogen-bond donors (Lipinski definition) is 0. The Balaban J connectivity index is 1.15. The number of aromatic nitrogens is 2. The first-order valence-corrected chi connectivity index (χ1v) is 16.5. The van der Waals surface area contributed by atoms with Crippen LogP contribution >= 0.6 is 0 Å². The number of rotatable bonds is 7. The highest BCUT2D eigenvalue weighted by Crippen LogP contribution is 2.37. The number of fused-ring (bicyclic) bond motifs is 6. The molecule has 0 N–H and O–H groups in total. The number of hydrogen-bond acceptors (Lipinski definition) is 2. The Hall–Kier alpha value is -6.62. The largest absolute Gasteiger partial charge is 0.335 e. The summed E-state index contributed by atoms with van der Waals surface area (Å²) >= 11 is 0. The normalized spacial score (nSPS) is 12.8. The minimum absolute atomic E-state index is 0.455. The maximum absolute atomic E-state index is 10.2. The van der Waals surface area contributed by atoms with Gasteiger partial charge in [-0.25, -0.2) is 0 Å². The van der Waals surface area contributed by atoms with E-state index in [1.165, 1.54) is 32.9 Å². The summed E-state index contributed by atoms with van der Waals surface area (Å²) in [7, 11) is 0. The van der Waals surface area contributed by atoms with E-state index in [2.05, 4.69) is 113 Å². The second-order valence-electron chi connectivity index (χ2n) is 12.4. The van der Waals surface area contributed by atoms with E-state index in [4.69, 9.17) is 0 Å². The predicted octanol–water partition coefficient (Wildman–Crippen LogP) is 11.0.